The number of carbonyl (C=O) groups is 2. The summed E-state index contributed by atoms with van der Waals surface area (Å²) < 4.78 is 18.0. The summed E-state index contributed by atoms with van der Waals surface area (Å²) >= 11 is 0. The van der Waals surface area contributed by atoms with E-state index in [1.54, 1.807) is 25.3 Å². The fraction of sp³-hybridized carbons (Fsp3) is 0.630. The lowest BCUT2D eigenvalue weighted by Gasteiger charge is -2.40. The minimum absolute atomic E-state index is 0.0357. The Kier molecular flexibility index (Phi) is 9.16. The van der Waals surface area contributed by atoms with E-state index in [4.69, 9.17) is 14.2 Å². The van der Waals surface area contributed by atoms with Crippen molar-refractivity contribution in [2.24, 2.45) is 23.7 Å². The molecule has 0 radical (unpaired) electrons. The van der Waals surface area contributed by atoms with Gasteiger partial charge in [0, 0.05) is 37.7 Å². The standard InChI is InChI=1S/C27H39NO8/c1-15(14-29)11-16(2)27-13-19(8-9-20(27)12-22(34-5)25(31)32)24(36-27)23(17(3)18(4)30)35-26(33)21-7-6-10-28-21/h6-11,15,17-20,22-24,28-30H,12-14H2,1-5H3,(H,31,32)/b16-11+/t15-,17-,18+,19-,20-,22+,23-,24-,27+/m1/s1. The van der Waals surface area contributed by atoms with Crippen molar-refractivity contribution >= 4 is 11.9 Å². The van der Waals surface area contributed by atoms with Gasteiger partial charge in [-0.05, 0) is 50.3 Å². The first-order chi connectivity index (χ1) is 17.0. The molecule has 2 aliphatic rings. The van der Waals surface area contributed by atoms with Crippen molar-refractivity contribution in [3.8, 4) is 0 Å². The number of rotatable bonds is 12. The van der Waals surface area contributed by atoms with Crippen molar-refractivity contribution in [1.29, 1.82) is 0 Å². The van der Waals surface area contributed by atoms with Crippen LogP contribution >= 0.6 is 0 Å². The van der Waals surface area contributed by atoms with Gasteiger partial charge in [-0.2, -0.15) is 0 Å². The topological polar surface area (TPSA) is 138 Å². The van der Waals surface area contributed by atoms with Gasteiger partial charge < -0.3 is 34.5 Å². The number of fused-ring (bicyclic) bond motifs is 2. The zero-order valence-electron chi connectivity index (χ0n) is 21.6. The third-order valence-corrected chi connectivity index (χ3v) is 7.68. The highest BCUT2D eigenvalue weighted by Gasteiger charge is 2.57. The van der Waals surface area contributed by atoms with Crippen molar-refractivity contribution in [3.63, 3.8) is 0 Å². The van der Waals surface area contributed by atoms with E-state index in [0.29, 0.717) is 12.1 Å². The van der Waals surface area contributed by atoms with Crippen LogP contribution in [-0.2, 0) is 19.0 Å². The molecule has 2 bridgehead atoms. The summed E-state index contributed by atoms with van der Waals surface area (Å²) in [5.74, 6) is -2.58. The Balaban J connectivity index is 1.99. The zero-order valence-corrected chi connectivity index (χ0v) is 21.6. The second kappa shape index (κ2) is 11.7. The number of methoxy groups -OCH3 is 1. The molecule has 9 heteroatoms. The second-order valence-electron chi connectivity index (χ2n) is 10.2. The average molecular weight is 506 g/mol. The lowest BCUT2D eigenvalue weighted by atomic mass is 9.70. The van der Waals surface area contributed by atoms with E-state index in [9.17, 15) is 24.9 Å². The van der Waals surface area contributed by atoms with E-state index < -0.39 is 47.9 Å². The van der Waals surface area contributed by atoms with Gasteiger partial charge in [-0.3, -0.25) is 0 Å². The van der Waals surface area contributed by atoms with Crippen LogP contribution in [0.15, 0.2) is 42.1 Å². The molecule has 0 amide bonds. The molecule has 1 aliphatic heterocycles. The first kappa shape index (κ1) is 28.1. The molecule has 0 saturated carbocycles. The molecular weight excluding hydrogens is 466 g/mol. The van der Waals surface area contributed by atoms with Crippen LogP contribution in [0, 0.1) is 23.7 Å². The molecule has 1 saturated heterocycles. The molecule has 1 aromatic heterocycles. The summed E-state index contributed by atoms with van der Waals surface area (Å²) in [6.45, 7) is 7.26. The van der Waals surface area contributed by atoms with Crippen LogP contribution in [0.1, 0.15) is 51.0 Å². The Bertz CT molecular complexity index is 955. The highest BCUT2D eigenvalue weighted by atomic mass is 16.6. The summed E-state index contributed by atoms with van der Waals surface area (Å²) in [4.78, 5) is 27.5. The normalized spacial score (nSPS) is 29.9. The number of aromatic nitrogens is 1. The maximum Gasteiger partial charge on any atom is 0.355 e. The number of H-pyrrole nitrogens is 1. The van der Waals surface area contributed by atoms with E-state index in [1.165, 1.54) is 7.11 Å². The maximum atomic E-state index is 12.9. The minimum atomic E-state index is -1.05. The van der Waals surface area contributed by atoms with Gasteiger partial charge >= 0.3 is 11.9 Å². The Labute approximate surface area is 212 Å². The number of carboxylic acids is 1. The quantitative estimate of drug-likeness (QED) is 0.251. The molecule has 200 valence electrons. The number of hydrogen-bond donors (Lipinski definition) is 4. The predicted molar refractivity (Wildman–Crippen MR) is 132 cm³/mol. The molecule has 9 atom stereocenters. The van der Waals surface area contributed by atoms with Crippen LogP contribution in [0.2, 0.25) is 0 Å². The van der Waals surface area contributed by atoms with Gasteiger partial charge in [-0.15, -0.1) is 0 Å². The molecule has 36 heavy (non-hydrogen) atoms. The number of nitrogens with one attached hydrogen (secondary N) is 1. The smallest absolute Gasteiger partial charge is 0.355 e. The van der Waals surface area contributed by atoms with Gasteiger partial charge in [0.15, 0.2) is 6.10 Å². The monoisotopic (exact) mass is 505 g/mol. The van der Waals surface area contributed by atoms with E-state index in [1.807, 2.05) is 39.0 Å². The van der Waals surface area contributed by atoms with E-state index in [-0.39, 0.29) is 30.8 Å². The van der Waals surface area contributed by atoms with Crippen LogP contribution in [-0.4, -0.2) is 76.0 Å². The number of hydrogen-bond acceptors (Lipinski definition) is 7. The van der Waals surface area contributed by atoms with Gasteiger partial charge in [-0.25, -0.2) is 9.59 Å². The molecule has 1 aliphatic carbocycles. The van der Waals surface area contributed by atoms with Gasteiger partial charge in [-0.1, -0.05) is 32.1 Å². The van der Waals surface area contributed by atoms with Crippen molar-refractivity contribution in [3.05, 3.63) is 47.8 Å². The number of carbonyl (C=O) groups excluding carboxylic acids is 1. The van der Waals surface area contributed by atoms with Crippen LogP contribution in [0.25, 0.3) is 0 Å². The number of esters is 1. The van der Waals surface area contributed by atoms with Crippen LogP contribution in [0.4, 0.5) is 0 Å². The van der Waals surface area contributed by atoms with Gasteiger partial charge in [0.05, 0.1) is 11.7 Å². The molecule has 0 unspecified atom stereocenters. The van der Waals surface area contributed by atoms with E-state index in [2.05, 4.69) is 4.98 Å². The summed E-state index contributed by atoms with van der Waals surface area (Å²) in [6.07, 6.45) is 5.22. The van der Waals surface area contributed by atoms with Crippen LogP contribution in [0.5, 0.6) is 0 Å². The molecule has 2 heterocycles. The second-order valence-corrected chi connectivity index (χ2v) is 10.2. The number of aliphatic hydroxyl groups is 2. The average Bonchev–Trinajstić information content (AvgIpc) is 3.49. The molecule has 3 rings (SSSR count). The zero-order chi connectivity index (χ0) is 26.6. The lowest BCUT2D eigenvalue weighted by Crippen LogP contribution is -2.46. The molecular formula is C27H39NO8. The maximum absolute atomic E-state index is 12.9. The summed E-state index contributed by atoms with van der Waals surface area (Å²) in [6, 6.07) is 3.33. The Morgan fingerprint density at radius 3 is 2.58 bits per heavy atom. The van der Waals surface area contributed by atoms with Crippen LogP contribution in [0.3, 0.4) is 0 Å². The van der Waals surface area contributed by atoms with Crippen molar-refractivity contribution in [2.75, 3.05) is 13.7 Å². The van der Waals surface area contributed by atoms with Crippen molar-refractivity contribution in [1.82, 2.24) is 4.98 Å². The van der Waals surface area contributed by atoms with Gasteiger partial charge in [0.1, 0.15) is 17.9 Å². The number of carboxylic acid groups (broad SMARTS) is 1. The summed E-state index contributed by atoms with van der Waals surface area (Å²) in [5.41, 5.74) is 0.319. The minimum Gasteiger partial charge on any atom is -0.479 e. The predicted octanol–water partition coefficient (Wildman–Crippen LogP) is 2.95. The lowest BCUT2D eigenvalue weighted by molar-refractivity contribution is -0.152. The summed E-state index contributed by atoms with van der Waals surface area (Å²) in [5, 5.41) is 29.7. The first-order valence-corrected chi connectivity index (χ1v) is 12.5. The SMILES string of the molecule is CO[C@@H](C[C@H]1C=C[C@@H]2C[C@@]1(/C(C)=C/[C@@H](C)CO)O[C@H]2[C@H](OC(=O)c1ccc[nH]1)[C@H](C)[C@H](C)O)C(=O)O. The molecule has 9 nitrogen and oxygen atoms in total. The fourth-order valence-corrected chi connectivity index (χ4v) is 5.36. The Morgan fingerprint density at radius 2 is 2.03 bits per heavy atom. The molecule has 1 aromatic rings. The van der Waals surface area contributed by atoms with E-state index >= 15 is 0 Å². The van der Waals surface area contributed by atoms with Crippen molar-refractivity contribution < 1.29 is 39.1 Å². The fourth-order valence-electron chi connectivity index (χ4n) is 5.36. The first-order valence-electron chi connectivity index (χ1n) is 12.5. The number of aliphatic carboxylic acids is 1. The largest absolute Gasteiger partial charge is 0.479 e. The Hall–Kier alpha value is -2.46. The van der Waals surface area contributed by atoms with Crippen LogP contribution < -0.4 is 0 Å². The Morgan fingerprint density at radius 1 is 1.31 bits per heavy atom. The molecule has 1 fully saturated rings. The summed E-state index contributed by atoms with van der Waals surface area (Å²) in [7, 11) is 1.37. The number of ether oxygens (including phenoxy) is 3. The third-order valence-electron chi connectivity index (χ3n) is 7.68. The molecule has 0 spiro atoms. The number of aromatic amines is 1. The molecule has 0 aromatic carbocycles. The van der Waals surface area contributed by atoms with Gasteiger partial charge in [0.25, 0.3) is 0 Å². The molecule has 4 N–H and O–H groups in total. The highest BCUT2D eigenvalue weighted by molar-refractivity contribution is 5.87. The number of aliphatic hydroxyl groups excluding tert-OH is 2. The van der Waals surface area contributed by atoms with E-state index in [0.717, 1.165) is 5.57 Å². The highest BCUT2D eigenvalue weighted by Crippen LogP contribution is 2.52. The van der Waals surface area contributed by atoms with Gasteiger partial charge in [0.2, 0.25) is 0 Å². The third kappa shape index (κ3) is 5.75. The van der Waals surface area contributed by atoms with Crippen molar-refractivity contribution in [2.45, 2.75) is 70.6 Å².